The second kappa shape index (κ2) is 10.9. The summed E-state index contributed by atoms with van der Waals surface area (Å²) in [6, 6.07) is 7.54. The summed E-state index contributed by atoms with van der Waals surface area (Å²) >= 11 is 0. The standard InChI is InChI=1S/C21H35N3O2S.ClH/c1-18(2)19-8-10-21(11-9-19)27(25,26)24(20-7-6-12-22-17-20)16-15-23-13-4-3-5-14-23;/h8-11,18,20,22H,3-7,12-17H2,1-2H3;1H. The minimum absolute atomic E-state index is 0. The Bertz CT molecular complexity index is 682. The molecule has 2 aliphatic rings. The van der Waals surface area contributed by atoms with Crippen molar-refractivity contribution < 1.29 is 8.42 Å². The lowest BCUT2D eigenvalue weighted by Crippen LogP contribution is -2.51. The van der Waals surface area contributed by atoms with Crippen molar-refractivity contribution in [3.05, 3.63) is 29.8 Å². The molecule has 1 aromatic carbocycles. The van der Waals surface area contributed by atoms with Crippen molar-refractivity contribution >= 4 is 22.4 Å². The maximum atomic E-state index is 13.5. The van der Waals surface area contributed by atoms with Gasteiger partial charge in [0.25, 0.3) is 0 Å². The Hall–Kier alpha value is -0.660. The lowest BCUT2D eigenvalue weighted by molar-refractivity contribution is 0.190. The van der Waals surface area contributed by atoms with Crippen molar-refractivity contribution in [3.8, 4) is 0 Å². The molecule has 7 heteroatoms. The fraction of sp³-hybridized carbons (Fsp3) is 0.714. The maximum absolute atomic E-state index is 13.5. The van der Waals surface area contributed by atoms with Gasteiger partial charge in [-0.2, -0.15) is 4.31 Å². The normalized spacial score (nSPS) is 21.6. The van der Waals surface area contributed by atoms with Crippen LogP contribution in [-0.4, -0.2) is 62.9 Å². The number of halogens is 1. The van der Waals surface area contributed by atoms with E-state index < -0.39 is 10.0 Å². The Balaban J connectivity index is 0.00000280. The van der Waals surface area contributed by atoms with Crippen LogP contribution in [0, 0.1) is 0 Å². The molecule has 3 rings (SSSR count). The number of sulfonamides is 1. The zero-order valence-corrected chi connectivity index (χ0v) is 18.9. The second-order valence-electron chi connectivity index (χ2n) is 8.24. The Morgan fingerprint density at radius 1 is 1.11 bits per heavy atom. The molecule has 0 radical (unpaired) electrons. The van der Waals surface area contributed by atoms with Crippen LogP contribution in [0.3, 0.4) is 0 Å². The zero-order valence-electron chi connectivity index (χ0n) is 17.3. The van der Waals surface area contributed by atoms with Crippen molar-refractivity contribution in [1.29, 1.82) is 0 Å². The zero-order chi connectivity index (χ0) is 19.3. The molecule has 0 aromatic heterocycles. The third-order valence-corrected chi connectivity index (χ3v) is 7.88. The van der Waals surface area contributed by atoms with Gasteiger partial charge in [-0.25, -0.2) is 8.42 Å². The van der Waals surface area contributed by atoms with Crippen LogP contribution in [0.25, 0.3) is 0 Å². The predicted molar refractivity (Wildman–Crippen MR) is 118 cm³/mol. The summed E-state index contributed by atoms with van der Waals surface area (Å²) < 4.78 is 28.7. The van der Waals surface area contributed by atoms with Crippen LogP contribution in [0.1, 0.15) is 57.4 Å². The lowest BCUT2D eigenvalue weighted by Gasteiger charge is -2.36. The number of rotatable bonds is 7. The van der Waals surface area contributed by atoms with E-state index in [1.54, 1.807) is 16.4 Å². The van der Waals surface area contributed by atoms with Crippen LogP contribution in [-0.2, 0) is 10.0 Å². The van der Waals surface area contributed by atoms with Crippen molar-refractivity contribution in [3.63, 3.8) is 0 Å². The average molecular weight is 430 g/mol. The van der Waals surface area contributed by atoms with Gasteiger partial charge in [0.1, 0.15) is 0 Å². The van der Waals surface area contributed by atoms with E-state index in [4.69, 9.17) is 0 Å². The van der Waals surface area contributed by atoms with E-state index in [1.165, 1.54) is 24.8 Å². The largest absolute Gasteiger partial charge is 0.315 e. The van der Waals surface area contributed by atoms with E-state index in [-0.39, 0.29) is 18.4 Å². The number of piperidine rings is 2. The first-order chi connectivity index (χ1) is 13.0. The quantitative estimate of drug-likeness (QED) is 0.721. The number of nitrogens with zero attached hydrogens (tertiary/aromatic N) is 2. The third-order valence-electron chi connectivity index (χ3n) is 5.92. The number of benzene rings is 1. The molecule has 1 atom stereocenters. The average Bonchev–Trinajstić information content (AvgIpc) is 2.69. The molecular formula is C21H36ClN3O2S. The van der Waals surface area contributed by atoms with Gasteiger partial charge >= 0.3 is 0 Å². The topological polar surface area (TPSA) is 52.7 Å². The number of likely N-dealkylation sites (tertiary alicyclic amines) is 1. The Kier molecular flexibility index (Phi) is 9.22. The summed E-state index contributed by atoms with van der Waals surface area (Å²) in [5.74, 6) is 0.402. The molecule has 1 N–H and O–H groups in total. The van der Waals surface area contributed by atoms with Crippen LogP contribution < -0.4 is 5.32 Å². The summed E-state index contributed by atoms with van der Waals surface area (Å²) in [5, 5.41) is 3.38. The molecular weight excluding hydrogens is 394 g/mol. The van der Waals surface area contributed by atoms with Crippen molar-refractivity contribution in [2.24, 2.45) is 0 Å². The Labute approximate surface area is 177 Å². The highest BCUT2D eigenvalue weighted by atomic mass is 35.5. The van der Waals surface area contributed by atoms with Gasteiger partial charge in [-0.1, -0.05) is 32.4 Å². The number of nitrogens with one attached hydrogen (secondary N) is 1. The monoisotopic (exact) mass is 429 g/mol. The van der Waals surface area contributed by atoms with Crippen molar-refractivity contribution in [2.75, 3.05) is 39.3 Å². The lowest BCUT2D eigenvalue weighted by atomic mass is 10.0. The van der Waals surface area contributed by atoms with E-state index in [9.17, 15) is 8.42 Å². The van der Waals surface area contributed by atoms with Gasteiger partial charge in [0.15, 0.2) is 0 Å². The molecule has 0 saturated carbocycles. The first-order valence-electron chi connectivity index (χ1n) is 10.5. The van der Waals surface area contributed by atoms with Gasteiger partial charge in [0.2, 0.25) is 10.0 Å². The molecule has 0 spiro atoms. The van der Waals surface area contributed by atoms with E-state index in [0.717, 1.165) is 45.6 Å². The van der Waals surface area contributed by atoms with Gasteiger partial charge in [0.05, 0.1) is 4.90 Å². The second-order valence-corrected chi connectivity index (χ2v) is 10.1. The highest BCUT2D eigenvalue weighted by molar-refractivity contribution is 7.89. The van der Waals surface area contributed by atoms with Crippen LogP contribution in [0.2, 0.25) is 0 Å². The fourth-order valence-corrected chi connectivity index (χ4v) is 5.81. The van der Waals surface area contributed by atoms with Crippen LogP contribution in [0.4, 0.5) is 0 Å². The molecule has 2 heterocycles. The molecule has 28 heavy (non-hydrogen) atoms. The molecule has 0 amide bonds. The van der Waals surface area contributed by atoms with E-state index >= 15 is 0 Å². The smallest absolute Gasteiger partial charge is 0.243 e. The third kappa shape index (κ3) is 5.92. The van der Waals surface area contributed by atoms with Crippen LogP contribution in [0.5, 0.6) is 0 Å². The van der Waals surface area contributed by atoms with Gasteiger partial charge in [-0.15, -0.1) is 12.4 Å². The van der Waals surface area contributed by atoms with Gasteiger partial charge in [-0.3, -0.25) is 0 Å². The first-order valence-corrected chi connectivity index (χ1v) is 12.0. The predicted octanol–water partition coefficient (Wildman–Crippen LogP) is 3.46. The van der Waals surface area contributed by atoms with Gasteiger partial charge < -0.3 is 10.2 Å². The molecule has 1 unspecified atom stereocenters. The van der Waals surface area contributed by atoms with E-state index in [0.29, 0.717) is 17.4 Å². The molecule has 2 aliphatic heterocycles. The van der Waals surface area contributed by atoms with Gasteiger partial charge in [-0.05, 0) is 68.9 Å². The summed E-state index contributed by atoms with van der Waals surface area (Å²) in [6.45, 7) is 9.60. The van der Waals surface area contributed by atoms with Crippen molar-refractivity contribution in [2.45, 2.75) is 62.8 Å². The highest BCUT2D eigenvalue weighted by Gasteiger charge is 2.32. The highest BCUT2D eigenvalue weighted by Crippen LogP contribution is 2.24. The molecule has 160 valence electrons. The maximum Gasteiger partial charge on any atom is 0.243 e. The Morgan fingerprint density at radius 3 is 2.36 bits per heavy atom. The SMILES string of the molecule is CC(C)c1ccc(S(=O)(=O)N(CCN2CCCCC2)C2CCCNC2)cc1.Cl. The van der Waals surface area contributed by atoms with E-state index in [1.807, 2.05) is 12.1 Å². The molecule has 1 aromatic rings. The van der Waals surface area contributed by atoms with E-state index in [2.05, 4.69) is 24.1 Å². The molecule has 0 bridgehead atoms. The number of hydrogen-bond donors (Lipinski definition) is 1. The minimum Gasteiger partial charge on any atom is -0.315 e. The van der Waals surface area contributed by atoms with Crippen LogP contribution >= 0.6 is 12.4 Å². The number of hydrogen-bond acceptors (Lipinski definition) is 4. The summed E-state index contributed by atoms with van der Waals surface area (Å²) in [4.78, 5) is 2.85. The van der Waals surface area contributed by atoms with Crippen LogP contribution in [0.15, 0.2) is 29.2 Å². The summed E-state index contributed by atoms with van der Waals surface area (Å²) in [6.07, 6.45) is 5.74. The molecule has 5 nitrogen and oxygen atoms in total. The molecule has 0 aliphatic carbocycles. The van der Waals surface area contributed by atoms with Gasteiger partial charge in [0, 0.05) is 25.7 Å². The minimum atomic E-state index is -3.48. The van der Waals surface area contributed by atoms with Crippen molar-refractivity contribution in [1.82, 2.24) is 14.5 Å². The fourth-order valence-electron chi connectivity index (χ4n) is 4.16. The molecule has 2 fully saturated rings. The Morgan fingerprint density at radius 2 is 1.79 bits per heavy atom. The summed E-state index contributed by atoms with van der Waals surface area (Å²) in [5.41, 5.74) is 1.17. The molecule has 2 saturated heterocycles. The first kappa shape index (κ1) is 23.6. The summed E-state index contributed by atoms with van der Waals surface area (Å²) in [7, 11) is -3.48.